The summed E-state index contributed by atoms with van der Waals surface area (Å²) in [5.41, 5.74) is 2.90. The predicted octanol–water partition coefficient (Wildman–Crippen LogP) is 2.61. The first kappa shape index (κ1) is 20.2. The Morgan fingerprint density at radius 2 is 1.52 bits per heavy atom. The number of likely N-dealkylation sites (tertiary alicyclic amines) is 2. The first-order chi connectivity index (χ1) is 16.0. The minimum absolute atomic E-state index is 0.331. The van der Waals surface area contributed by atoms with Crippen LogP contribution in [-0.2, 0) is 20.5 Å². The molecule has 4 aliphatic heterocycles. The fourth-order valence-electron chi connectivity index (χ4n) is 6.38. The Morgan fingerprint density at radius 3 is 2.27 bits per heavy atom. The van der Waals surface area contributed by atoms with Gasteiger partial charge in [-0.1, -0.05) is 36.4 Å². The number of benzene rings is 2. The molecule has 33 heavy (non-hydrogen) atoms. The largest absolute Gasteiger partial charge is 0.453 e. The zero-order chi connectivity index (χ0) is 23.0. The van der Waals surface area contributed by atoms with Gasteiger partial charge in [0.2, 0.25) is 0 Å². The number of anilines is 2. The SMILES string of the molecule is COC(=O)N1CCC2(O)c3cccc(C45CCN(C(=O)OC)C4Nc4ccccc45)c3NC12. The van der Waals surface area contributed by atoms with Crippen LogP contribution in [0.15, 0.2) is 42.5 Å². The second-order valence-electron chi connectivity index (χ2n) is 9.09. The summed E-state index contributed by atoms with van der Waals surface area (Å²) in [6, 6.07) is 14.0. The molecule has 172 valence electrons. The van der Waals surface area contributed by atoms with E-state index in [0.29, 0.717) is 25.9 Å². The second-order valence-corrected chi connectivity index (χ2v) is 9.09. The Labute approximate surface area is 191 Å². The number of hydrogen-bond donors (Lipinski definition) is 3. The molecule has 4 aliphatic rings. The number of nitrogens with one attached hydrogen (secondary N) is 2. The third-order valence-electron chi connectivity index (χ3n) is 7.83. The highest BCUT2D eigenvalue weighted by Gasteiger charge is 2.61. The first-order valence-electron chi connectivity index (χ1n) is 11.1. The maximum Gasteiger partial charge on any atom is 0.411 e. The van der Waals surface area contributed by atoms with Crippen molar-refractivity contribution in [2.45, 2.75) is 36.2 Å². The smallest absolute Gasteiger partial charge is 0.411 e. The normalized spacial score (nSPS) is 30.6. The summed E-state index contributed by atoms with van der Waals surface area (Å²) in [7, 11) is 2.74. The van der Waals surface area contributed by atoms with Crippen molar-refractivity contribution in [3.63, 3.8) is 0 Å². The van der Waals surface area contributed by atoms with Crippen LogP contribution in [0.5, 0.6) is 0 Å². The topological polar surface area (TPSA) is 103 Å². The zero-order valence-electron chi connectivity index (χ0n) is 18.5. The number of hydrogen-bond acceptors (Lipinski definition) is 7. The Bertz CT molecular complexity index is 1170. The molecule has 0 saturated carbocycles. The van der Waals surface area contributed by atoms with Gasteiger partial charge in [-0.15, -0.1) is 0 Å². The highest BCUT2D eigenvalue weighted by Crippen LogP contribution is 2.58. The number of methoxy groups -OCH3 is 2. The minimum Gasteiger partial charge on any atom is -0.453 e. The molecule has 0 bridgehead atoms. The van der Waals surface area contributed by atoms with Crippen molar-refractivity contribution in [1.29, 1.82) is 0 Å². The molecule has 2 amide bonds. The van der Waals surface area contributed by atoms with Crippen molar-refractivity contribution in [3.8, 4) is 0 Å². The van der Waals surface area contributed by atoms with E-state index in [1.807, 2.05) is 30.3 Å². The number of rotatable bonds is 1. The molecule has 4 atom stereocenters. The van der Waals surface area contributed by atoms with E-state index in [-0.39, 0.29) is 12.3 Å². The molecule has 9 heteroatoms. The number of nitrogens with zero attached hydrogens (tertiary/aromatic N) is 2. The second kappa shape index (κ2) is 6.77. The van der Waals surface area contributed by atoms with Gasteiger partial charge < -0.3 is 25.2 Å². The van der Waals surface area contributed by atoms with Crippen molar-refractivity contribution >= 4 is 23.6 Å². The Morgan fingerprint density at radius 1 is 0.879 bits per heavy atom. The van der Waals surface area contributed by atoms with Crippen molar-refractivity contribution in [3.05, 3.63) is 59.2 Å². The lowest BCUT2D eigenvalue weighted by molar-refractivity contribution is 0.0190. The summed E-state index contributed by atoms with van der Waals surface area (Å²) in [6.07, 6.45) is -0.690. The maximum atomic E-state index is 12.6. The zero-order valence-corrected chi connectivity index (χ0v) is 18.5. The average Bonchev–Trinajstić information content (AvgIpc) is 3.54. The van der Waals surface area contributed by atoms with E-state index in [1.165, 1.54) is 19.1 Å². The lowest BCUT2D eigenvalue weighted by Gasteiger charge is -2.34. The number of amides is 2. The van der Waals surface area contributed by atoms with Gasteiger partial charge in [0, 0.05) is 36.4 Å². The molecule has 2 aromatic carbocycles. The molecular formula is C24H26N4O5. The van der Waals surface area contributed by atoms with E-state index in [9.17, 15) is 14.7 Å². The molecule has 0 aliphatic carbocycles. The molecule has 2 saturated heterocycles. The van der Waals surface area contributed by atoms with Crippen LogP contribution in [0.25, 0.3) is 0 Å². The lowest BCUT2D eigenvalue weighted by Crippen LogP contribution is -2.47. The van der Waals surface area contributed by atoms with Crippen LogP contribution in [-0.4, -0.2) is 66.7 Å². The fourth-order valence-corrected chi connectivity index (χ4v) is 6.38. The molecule has 0 radical (unpaired) electrons. The first-order valence-corrected chi connectivity index (χ1v) is 11.1. The fraction of sp³-hybridized carbons (Fsp3) is 0.417. The average molecular weight is 450 g/mol. The van der Waals surface area contributed by atoms with Gasteiger partial charge in [0.1, 0.15) is 17.9 Å². The minimum atomic E-state index is -1.21. The molecular weight excluding hydrogens is 424 g/mol. The van der Waals surface area contributed by atoms with E-state index in [2.05, 4.69) is 22.8 Å². The van der Waals surface area contributed by atoms with E-state index in [0.717, 1.165) is 28.1 Å². The maximum absolute atomic E-state index is 12.6. The van der Waals surface area contributed by atoms with Gasteiger partial charge in [0.25, 0.3) is 0 Å². The van der Waals surface area contributed by atoms with Crippen molar-refractivity contribution in [1.82, 2.24) is 9.80 Å². The monoisotopic (exact) mass is 450 g/mol. The molecule has 0 spiro atoms. The quantitative estimate of drug-likeness (QED) is 0.614. The van der Waals surface area contributed by atoms with Gasteiger partial charge in [0.05, 0.1) is 19.6 Å². The number of fused-ring (bicyclic) bond motifs is 6. The van der Waals surface area contributed by atoms with Crippen molar-refractivity contribution < 1.29 is 24.2 Å². The molecule has 0 aromatic heterocycles. The molecule has 9 nitrogen and oxygen atoms in total. The molecule has 2 fully saturated rings. The Balaban J connectivity index is 1.52. The summed E-state index contributed by atoms with van der Waals surface area (Å²) < 4.78 is 10.0. The van der Waals surface area contributed by atoms with Crippen LogP contribution >= 0.6 is 0 Å². The molecule has 2 aromatic rings. The summed E-state index contributed by atoms with van der Waals surface area (Å²) in [5.74, 6) is 0. The van der Waals surface area contributed by atoms with E-state index >= 15 is 0 Å². The van der Waals surface area contributed by atoms with Gasteiger partial charge in [-0.3, -0.25) is 9.80 Å². The van der Waals surface area contributed by atoms with E-state index in [1.54, 1.807) is 4.90 Å². The number of ether oxygens (including phenoxy) is 2. The van der Waals surface area contributed by atoms with E-state index in [4.69, 9.17) is 9.47 Å². The summed E-state index contributed by atoms with van der Waals surface area (Å²) >= 11 is 0. The number of para-hydroxylation sites is 2. The standard InChI is InChI=1S/C24H26N4O5/c1-32-21(29)27-12-10-23(14-6-3-4-9-17(14)25-19(23)27)15-7-5-8-16-18(15)26-20-24(16,31)11-13-28(20)22(30)33-2/h3-9,19-20,25-26,31H,10-13H2,1-2H3. The summed E-state index contributed by atoms with van der Waals surface area (Å²) in [4.78, 5) is 28.3. The van der Waals surface area contributed by atoms with Crippen LogP contribution < -0.4 is 10.6 Å². The van der Waals surface area contributed by atoms with Crippen LogP contribution in [0.3, 0.4) is 0 Å². The summed E-state index contributed by atoms with van der Waals surface area (Å²) in [5, 5.41) is 18.7. The van der Waals surface area contributed by atoms with Gasteiger partial charge in [-0.05, 0) is 23.6 Å². The van der Waals surface area contributed by atoms with Crippen molar-refractivity contribution in [2.24, 2.45) is 0 Å². The molecule has 3 N–H and O–H groups in total. The van der Waals surface area contributed by atoms with Gasteiger partial charge in [0.15, 0.2) is 0 Å². The van der Waals surface area contributed by atoms with Crippen molar-refractivity contribution in [2.75, 3.05) is 37.9 Å². The highest BCUT2D eigenvalue weighted by molar-refractivity contribution is 5.80. The van der Waals surface area contributed by atoms with Gasteiger partial charge >= 0.3 is 12.2 Å². The third-order valence-corrected chi connectivity index (χ3v) is 7.83. The molecule has 4 heterocycles. The Kier molecular flexibility index (Phi) is 4.14. The van der Waals surface area contributed by atoms with Crippen LogP contribution in [0, 0.1) is 0 Å². The number of aliphatic hydroxyl groups is 1. The van der Waals surface area contributed by atoms with Crippen LogP contribution in [0.4, 0.5) is 21.0 Å². The summed E-state index contributed by atoms with van der Waals surface area (Å²) in [6.45, 7) is 0.934. The lowest BCUT2D eigenvalue weighted by atomic mass is 9.72. The van der Waals surface area contributed by atoms with Crippen LogP contribution in [0.2, 0.25) is 0 Å². The number of carbonyl (C=O) groups is 2. The number of carbonyl (C=O) groups excluding carboxylic acids is 2. The van der Waals surface area contributed by atoms with Gasteiger partial charge in [-0.2, -0.15) is 0 Å². The Hall–Kier alpha value is -3.46. The van der Waals surface area contributed by atoms with E-state index < -0.39 is 23.3 Å². The highest BCUT2D eigenvalue weighted by atomic mass is 16.5. The van der Waals surface area contributed by atoms with Crippen LogP contribution in [0.1, 0.15) is 29.5 Å². The van der Waals surface area contributed by atoms with Gasteiger partial charge in [-0.25, -0.2) is 9.59 Å². The predicted molar refractivity (Wildman–Crippen MR) is 120 cm³/mol. The molecule has 6 rings (SSSR count). The third kappa shape index (κ3) is 2.40. The molecule has 4 unspecified atom stereocenters.